The van der Waals surface area contributed by atoms with Gasteiger partial charge >= 0.3 is 5.97 Å². The molecule has 1 aromatic rings. The molecule has 2 N–H and O–H groups in total. The average Bonchev–Trinajstić information content (AvgIpc) is 2.16. The number of nitrogens with zero attached hydrogens (tertiary/aromatic N) is 1. The lowest BCUT2D eigenvalue weighted by Gasteiger charge is -1.96. The molecule has 4 heteroatoms. The number of hydrogen-bond acceptors (Lipinski definition) is 3. The highest BCUT2D eigenvalue weighted by molar-refractivity contribution is 5.85. The summed E-state index contributed by atoms with van der Waals surface area (Å²) in [5.74, 6) is -1.17. The van der Waals surface area contributed by atoms with Crippen LogP contribution >= 0.6 is 0 Å². The number of phenolic OH excluding ortho intramolecular Hbond substituents is 1. The van der Waals surface area contributed by atoms with E-state index in [1.54, 1.807) is 6.07 Å². The summed E-state index contributed by atoms with van der Waals surface area (Å²) in [4.78, 5) is 10.2. The van der Waals surface area contributed by atoms with Gasteiger partial charge in [0, 0.05) is 6.08 Å². The molecule has 0 aliphatic heterocycles. The average molecular weight is 189 g/mol. The highest BCUT2D eigenvalue weighted by atomic mass is 16.4. The highest BCUT2D eigenvalue weighted by Crippen LogP contribution is 2.17. The van der Waals surface area contributed by atoms with E-state index in [-0.39, 0.29) is 11.3 Å². The van der Waals surface area contributed by atoms with Crippen molar-refractivity contribution >= 4 is 12.0 Å². The van der Waals surface area contributed by atoms with Crippen LogP contribution in [-0.2, 0) is 4.79 Å². The van der Waals surface area contributed by atoms with Crippen LogP contribution in [0.4, 0.5) is 0 Å². The molecule has 1 aromatic carbocycles. The van der Waals surface area contributed by atoms with E-state index in [0.29, 0.717) is 5.56 Å². The Kier molecular flexibility index (Phi) is 2.87. The van der Waals surface area contributed by atoms with Gasteiger partial charge in [-0.1, -0.05) is 6.07 Å². The fourth-order valence-electron chi connectivity index (χ4n) is 0.914. The standard InChI is InChI=1S/C10H7NO3/c11-6-8-5-7(1-3-9(8)12)2-4-10(13)14/h1-5,12H,(H,13,14). The molecule has 0 bridgehead atoms. The molecule has 1 rings (SSSR count). The minimum absolute atomic E-state index is 0.111. The van der Waals surface area contributed by atoms with Gasteiger partial charge < -0.3 is 10.2 Å². The fraction of sp³-hybridized carbons (Fsp3) is 0. The maximum atomic E-state index is 10.2. The van der Waals surface area contributed by atoms with Crippen molar-refractivity contribution in [2.45, 2.75) is 0 Å². The normalized spacial score (nSPS) is 9.93. The lowest BCUT2D eigenvalue weighted by Crippen LogP contribution is -1.86. The number of aliphatic carboxylic acids is 1. The number of carboxylic acids is 1. The molecule has 0 saturated heterocycles. The Labute approximate surface area is 80.3 Å². The Balaban J connectivity index is 3.03. The van der Waals surface area contributed by atoms with E-state index >= 15 is 0 Å². The third-order valence-corrected chi connectivity index (χ3v) is 1.56. The Bertz CT molecular complexity index is 429. The minimum Gasteiger partial charge on any atom is -0.507 e. The van der Waals surface area contributed by atoms with Crippen LogP contribution < -0.4 is 0 Å². The molecule has 0 atom stereocenters. The van der Waals surface area contributed by atoms with Gasteiger partial charge in [-0.25, -0.2) is 4.79 Å². The molecule has 0 amide bonds. The van der Waals surface area contributed by atoms with Crippen LogP contribution in [0, 0.1) is 11.3 Å². The van der Waals surface area contributed by atoms with E-state index in [4.69, 9.17) is 15.5 Å². The van der Waals surface area contributed by atoms with Crippen LogP contribution in [0.15, 0.2) is 24.3 Å². The van der Waals surface area contributed by atoms with E-state index in [2.05, 4.69) is 0 Å². The summed E-state index contributed by atoms with van der Waals surface area (Å²) in [5, 5.41) is 26.1. The van der Waals surface area contributed by atoms with Crippen molar-refractivity contribution < 1.29 is 15.0 Å². The quantitative estimate of drug-likeness (QED) is 0.688. The predicted molar refractivity (Wildman–Crippen MR) is 49.5 cm³/mol. The molecule has 70 valence electrons. The second-order valence-corrected chi connectivity index (χ2v) is 2.56. The number of nitriles is 1. The van der Waals surface area contributed by atoms with E-state index in [9.17, 15) is 4.79 Å². The Morgan fingerprint density at radius 1 is 1.50 bits per heavy atom. The van der Waals surface area contributed by atoms with Gasteiger partial charge in [0.05, 0.1) is 5.56 Å². The molecule has 0 unspecified atom stereocenters. The lowest BCUT2D eigenvalue weighted by molar-refractivity contribution is -0.131. The Morgan fingerprint density at radius 2 is 2.21 bits per heavy atom. The number of aromatic hydroxyl groups is 1. The molecule has 0 heterocycles. The molecule has 0 aromatic heterocycles. The maximum absolute atomic E-state index is 10.2. The van der Waals surface area contributed by atoms with Crippen LogP contribution in [-0.4, -0.2) is 16.2 Å². The second kappa shape index (κ2) is 4.10. The van der Waals surface area contributed by atoms with Crippen LogP contribution in [0.1, 0.15) is 11.1 Å². The molecule has 4 nitrogen and oxygen atoms in total. The lowest BCUT2D eigenvalue weighted by atomic mass is 10.1. The van der Waals surface area contributed by atoms with Gasteiger partial charge in [0.15, 0.2) is 0 Å². The van der Waals surface area contributed by atoms with Crippen molar-refractivity contribution in [1.29, 1.82) is 5.26 Å². The van der Waals surface area contributed by atoms with Gasteiger partial charge in [0.2, 0.25) is 0 Å². The summed E-state index contributed by atoms with van der Waals surface area (Å²) in [7, 11) is 0. The van der Waals surface area contributed by atoms with Gasteiger partial charge in [-0.15, -0.1) is 0 Å². The molecule has 14 heavy (non-hydrogen) atoms. The Morgan fingerprint density at radius 3 is 2.79 bits per heavy atom. The first-order valence-corrected chi connectivity index (χ1v) is 3.77. The summed E-state index contributed by atoms with van der Waals surface area (Å²) < 4.78 is 0. The molecule has 0 aliphatic carbocycles. The van der Waals surface area contributed by atoms with E-state index in [1.165, 1.54) is 24.3 Å². The van der Waals surface area contributed by atoms with Crippen molar-refractivity contribution in [1.82, 2.24) is 0 Å². The number of hydrogen-bond donors (Lipinski definition) is 2. The van der Waals surface area contributed by atoms with E-state index in [0.717, 1.165) is 6.08 Å². The smallest absolute Gasteiger partial charge is 0.328 e. The van der Waals surface area contributed by atoms with E-state index < -0.39 is 5.97 Å². The van der Waals surface area contributed by atoms with Gasteiger partial charge in [-0.2, -0.15) is 5.26 Å². The van der Waals surface area contributed by atoms with Crippen LogP contribution in [0.2, 0.25) is 0 Å². The van der Waals surface area contributed by atoms with Crippen LogP contribution in [0.3, 0.4) is 0 Å². The number of carboxylic acid groups (broad SMARTS) is 1. The molecular formula is C10H7NO3. The summed E-state index contributed by atoms with van der Waals surface area (Å²) >= 11 is 0. The highest BCUT2D eigenvalue weighted by Gasteiger charge is 1.99. The monoisotopic (exact) mass is 189 g/mol. The van der Waals surface area contributed by atoms with Crippen LogP contribution in [0.5, 0.6) is 5.75 Å². The van der Waals surface area contributed by atoms with Gasteiger partial charge in [0.25, 0.3) is 0 Å². The summed E-state index contributed by atoms with van der Waals surface area (Å²) in [6.45, 7) is 0. The largest absolute Gasteiger partial charge is 0.507 e. The predicted octanol–water partition coefficient (Wildman–Crippen LogP) is 1.36. The fourth-order valence-corrected chi connectivity index (χ4v) is 0.914. The van der Waals surface area contributed by atoms with Crippen molar-refractivity contribution in [2.24, 2.45) is 0 Å². The first kappa shape index (κ1) is 9.81. The van der Waals surface area contributed by atoms with Crippen molar-refractivity contribution in [3.63, 3.8) is 0 Å². The molecule has 0 spiro atoms. The number of benzene rings is 1. The van der Waals surface area contributed by atoms with E-state index in [1.807, 2.05) is 0 Å². The first-order chi connectivity index (χ1) is 6.63. The van der Waals surface area contributed by atoms with Gasteiger partial charge in [0.1, 0.15) is 11.8 Å². The zero-order valence-electron chi connectivity index (χ0n) is 7.14. The zero-order chi connectivity index (χ0) is 10.6. The number of phenols is 1. The maximum Gasteiger partial charge on any atom is 0.328 e. The summed E-state index contributed by atoms with van der Waals surface area (Å²) in [6.07, 6.45) is 2.32. The third kappa shape index (κ3) is 2.35. The van der Waals surface area contributed by atoms with Crippen molar-refractivity contribution in [3.05, 3.63) is 35.4 Å². The van der Waals surface area contributed by atoms with Crippen molar-refractivity contribution in [2.75, 3.05) is 0 Å². The number of rotatable bonds is 2. The Hall–Kier alpha value is -2.28. The van der Waals surface area contributed by atoms with Crippen LogP contribution in [0.25, 0.3) is 6.08 Å². The topological polar surface area (TPSA) is 81.3 Å². The van der Waals surface area contributed by atoms with Gasteiger partial charge in [-0.05, 0) is 23.8 Å². The van der Waals surface area contributed by atoms with Gasteiger partial charge in [-0.3, -0.25) is 0 Å². The van der Waals surface area contributed by atoms with Crippen molar-refractivity contribution in [3.8, 4) is 11.8 Å². The third-order valence-electron chi connectivity index (χ3n) is 1.56. The molecule has 0 saturated carbocycles. The number of carbonyl (C=O) groups is 1. The molecule has 0 aliphatic rings. The first-order valence-electron chi connectivity index (χ1n) is 3.77. The zero-order valence-corrected chi connectivity index (χ0v) is 7.14. The molecule has 0 radical (unpaired) electrons. The SMILES string of the molecule is N#Cc1cc(C=CC(=O)O)ccc1O. The molecular weight excluding hydrogens is 182 g/mol. The summed E-state index contributed by atoms with van der Waals surface area (Å²) in [5.41, 5.74) is 0.680. The minimum atomic E-state index is -1.06. The second-order valence-electron chi connectivity index (χ2n) is 2.56. The summed E-state index contributed by atoms with van der Waals surface area (Å²) in [6, 6.07) is 6.07. The molecule has 0 fully saturated rings.